The first kappa shape index (κ1) is 21.4. The molecule has 4 aliphatic rings. The first-order valence-electron chi connectivity index (χ1n) is 13.1. The van der Waals surface area contributed by atoms with Crippen molar-refractivity contribution in [2.45, 2.75) is 76.4 Å². The molecule has 4 fully saturated rings. The van der Waals surface area contributed by atoms with E-state index in [9.17, 15) is 4.79 Å². The molecule has 33 heavy (non-hydrogen) atoms. The predicted octanol–water partition coefficient (Wildman–Crippen LogP) is 5.65. The quantitative estimate of drug-likeness (QED) is 0.611. The summed E-state index contributed by atoms with van der Waals surface area (Å²) < 4.78 is 0. The van der Waals surface area contributed by atoms with Crippen molar-refractivity contribution < 1.29 is 4.79 Å². The van der Waals surface area contributed by atoms with E-state index in [2.05, 4.69) is 84.3 Å². The van der Waals surface area contributed by atoms with Crippen molar-refractivity contribution in [1.82, 2.24) is 9.80 Å². The van der Waals surface area contributed by atoms with E-state index in [4.69, 9.17) is 0 Å². The van der Waals surface area contributed by atoms with Gasteiger partial charge in [-0.2, -0.15) is 0 Å². The third-order valence-corrected chi connectivity index (χ3v) is 9.37. The molecule has 2 saturated carbocycles. The van der Waals surface area contributed by atoms with Crippen LogP contribution in [0, 0.1) is 17.3 Å². The number of hydrogen-bond acceptors (Lipinski definition) is 2. The summed E-state index contributed by atoms with van der Waals surface area (Å²) >= 11 is 0. The highest BCUT2D eigenvalue weighted by Crippen LogP contribution is 2.58. The highest BCUT2D eigenvalue weighted by Gasteiger charge is 2.56. The summed E-state index contributed by atoms with van der Waals surface area (Å²) in [7, 11) is 0. The Bertz CT molecular complexity index is 1000. The smallest absolute Gasteiger partial charge is 0.228 e. The Morgan fingerprint density at radius 2 is 1.64 bits per heavy atom. The van der Waals surface area contributed by atoms with Gasteiger partial charge in [-0.1, -0.05) is 74.5 Å². The number of fused-ring (bicyclic) bond motifs is 4. The molecule has 0 N–H and O–H groups in total. The van der Waals surface area contributed by atoms with Crippen molar-refractivity contribution in [2.24, 2.45) is 17.3 Å². The third-order valence-electron chi connectivity index (χ3n) is 9.37. The number of nitrogens with zero attached hydrogens (tertiary/aromatic N) is 2. The average molecular weight is 443 g/mol. The van der Waals surface area contributed by atoms with Crippen LogP contribution in [0.3, 0.4) is 0 Å². The summed E-state index contributed by atoms with van der Waals surface area (Å²) in [6.45, 7) is 7.70. The summed E-state index contributed by atoms with van der Waals surface area (Å²) in [6.07, 6.45) is 7.03. The number of benzene rings is 2. The Kier molecular flexibility index (Phi) is 5.17. The molecule has 2 aliphatic heterocycles. The zero-order valence-electron chi connectivity index (χ0n) is 20.2. The number of piperazine rings is 1. The molecule has 2 aliphatic carbocycles. The molecule has 2 aromatic rings. The van der Waals surface area contributed by atoms with Gasteiger partial charge in [-0.25, -0.2) is 0 Å². The lowest BCUT2D eigenvalue weighted by Crippen LogP contribution is -2.56. The molecule has 2 aromatic carbocycles. The largest absolute Gasteiger partial charge is 0.336 e. The van der Waals surface area contributed by atoms with Crippen LogP contribution in [0.2, 0.25) is 0 Å². The number of hydrogen-bond donors (Lipinski definition) is 0. The molecular weight excluding hydrogens is 404 g/mol. The van der Waals surface area contributed by atoms with Crippen LogP contribution in [0.1, 0.15) is 63.5 Å². The molecule has 6 unspecified atom stereocenters. The van der Waals surface area contributed by atoms with Crippen molar-refractivity contribution in [1.29, 1.82) is 0 Å². The second kappa shape index (κ2) is 7.98. The standard InChI is InChI=1S/C30H38N2O/c1-22-13-24-16-29(2,21-30(15-22,17-24)25-11-7-4-8-12-25)28(33)32-20-26-14-27(32)19-31(26)18-23-9-5-3-6-10-23/h3-12,22,24,26-27H,13-21H2,1-2H3. The van der Waals surface area contributed by atoms with Gasteiger partial charge in [-0.05, 0) is 66.9 Å². The van der Waals surface area contributed by atoms with E-state index >= 15 is 0 Å². The van der Waals surface area contributed by atoms with Crippen LogP contribution >= 0.6 is 0 Å². The second-order valence-electron chi connectivity index (χ2n) is 12.1. The lowest BCUT2D eigenvalue weighted by Gasteiger charge is -2.55. The maximum Gasteiger partial charge on any atom is 0.228 e. The molecule has 2 heterocycles. The predicted molar refractivity (Wildman–Crippen MR) is 133 cm³/mol. The van der Waals surface area contributed by atoms with Crippen LogP contribution in [0.5, 0.6) is 0 Å². The normalized spacial score (nSPS) is 37.9. The van der Waals surface area contributed by atoms with E-state index < -0.39 is 0 Å². The van der Waals surface area contributed by atoms with E-state index in [0.29, 0.717) is 23.9 Å². The van der Waals surface area contributed by atoms with Gasteiger partial charge in [0.15, 0.2) is 0 Å². The van der Waals surface area contributed by atoms with Crippen LogP contribution in [0.25, 0.3) is 0 Å². The molecule has 3 nitrogen and oxygen atoms in total. The first-order valence-corrected chi connectivity index (χ1v) is 13.1. The fraction of sp³-hybridized carbons (Fsp3) is 0.567. The minimum Gasteiger partial charge on any atom is -0.336 e. The summed E-state index contributed by atoms with van der Waals surface area (Å²) in [6, 6.07) is 22.9. The van der Waals surface area contributed by atoms with Gasteiger partial charge in [0.2, 0.25) is 5.91 Å². The molecule has 3 heteroatoms. The Balaban J connectivity index is 1.21. The maximum atomic E-state index is 14.2. The second-order valence-corrected chi connectivity index (χ2v) is 12.1. The van der Waals surface area contributed by atoms with Crippen molar-refractivity contribution in [3.63, 3.8) is 0 Å². The minimum absolute atomic E-state index is 0.171. The van der Waals surface area contributed by atoms with Gasteiger partial charge in [-0.3, -0.25) is 9.69 Å². The topological polar surface area (TPSA) is 23.6 Å². The fourth-order valence-electron chi connectivity index (χ4n) is 8.44. The summed E-state index contributed by atoms with van der Waals surface area (Å²) in [5, 5.41) is 0. The average Bonchev–Trinajstić information content (AvgIpc) is 3.39. The molecule has 4 bridgehead atoms. The maximum absolute atomic E-state index is 14.2. The molecule has 2 saturated heterocycles. The number of likely N-dealkylation sites (tertiary alicyclic amines) is 2. The van der Waals surface area contributed by atoms with Crippen LogP contribution in [0.15, 0.2) is 60.7 Å². The van der Waals surface area contributed by atoms with E-state index in [1.807, 2.05) is 0 Å². The van der Waals surface area contributed by atoms with Crippen molar-refractivity contribution in [3.05, 3.63) is 71.8 Å². The van der Waals surface area contributed by atoms with Crippen molar-refractivity contribution in [2.75, 3.05) is 13.1 Å². The molecule has 6 rings (SSSR count). The SMILES string of the molecule is CC1CC2CC(C)(C(=O)N3CC4CC3CN4Cc3ccccc3)CC(c3ccccc3)(C1)C2. The van der Waals surface area contributed by atoms with Gasteiger partial charge in [0, 0.05) is 37.1 Å². The molecule has 6 atom stereocenters. The van der Waals surface area contributed by atoms with Gasteiger partial charge in [0.05, 0.1) is 0 Å². The summed E-state index contributed by atoms with van der Waals surface area (Å²) in [5.74, 6) is 1.87. The Hall–Kier alpha value is -2.13. The number of amides is 1. The Morgan fingerprint density at radius 1 is 0.909 bits per heavy atom. The van der Waals surface area contributed by atoms with Gasteiger partial charge in [0.25, 0.3) is 0 Å². The zero-order valence-corrected chi connectivity index (χ0v) is 20.2. The van der Waals surface area contributed by atoms with Crippen LogP contribution in [0.4, 0.5) is 0 Å². The number of rotatable bonds is 4. The third kappa shape index (κ3) is 3.73. The van der Waals surface area contributed by atoms with Crippen LogP contribution in [-0.4, -0.2) is 40.9 Å². The van der Waals surface area contributed by atoms with E-state index in [1.54, 1.807) is 0 Å². The molecule has 174 valence electrons. The molecular formula is C30H38N2O. The highest BCUT2D eigenvalue weighted by molar-refractivity contribution is 5.83. The van der Waals surface area contributed by atoms with Crippen LogP contribution in [-0.2, 0) is 16.8 Å². The van der Waals surface area contributed by atoms with Gasteiger partial charge in [0.1, 0.15) is 0 Å². The molecule has 1 amide bonds. The lowest BCUT2D eigenvalue weighted by molar-refractivity contribution is -0.150. The zero-order chi connectivity index (χ0) is 22.6. The molecule has 0 spiro atoms. The van der Waals surface area contributed by atoms with Crippen molar-refractivity contribution >= 4 is 5.91 Å². The van der Waals surface area contributed by atoms with Crippen LogP contribution < -0.4 is 0 Å². The minimum atomic E-state index is -0.229. The fourth-order valence-corrected chi connectivity index (χ4v) is 8.44. The summed E-state index contributed by atoms with van der Waals surface area (Å²) in [5.41, 5.74) is 2.80. The van der Waals surface area contributed by atoms with Gasteiger partial charge >= 0.3 is 0 Å². The van der Waals surface area contributed by atoms with E-state index in [0.717, 1.165) is 44.8 Å². The molecule has 0 aromatic heterocycles. The van der Waals surface area contributed by atoms with E-state index in [-0.39, 0.29) is 10.8 Å². The first-order chi connectivity index (χ1) is 15.9. The van der Waals surface area contributed by atoms with E-state index in [1.165, 1.54) is 30.4 Å². The lowest BCUT2D eigenvalue weighted by atomic mass is 9.50. The highest BCUT2D eigenvalue weighted by atomic mass is 16.2. The number of carbonyl (C=O) groups is 1. The Labute approximate surface area is 199 Å². The van der Waals surface area contributed by atoms with Gasteiger partial charge < -0.3 is 4.90 Å². The molecule has 0 radical (unpaired) electrons. The number of carbonyl (C=O) groups excluding carboxylic acids is 1. The monoisotopic (exact) mass is 442 g/mol. The van der Waals surface area contributed by atoms with Crippen molar-refractivity contribution in [3.8, 4) is 0 Å². The van der Waals surface area contributed by atoms with Gasteiger partial charge in [-0.15, -0.1) is 0 Å². The summed E-state index contributed by atoms with van der Waals surface area (Å²) in [4.78, 5) is 19.1. The Morgan fingerprint density at radius 3 is 2.33 bits per heavy atom.